The summed E-state index contributed by atoms with van der Waals surface area (Å²) in [5, 5.41) is 12.3. The molecule has 0 N–H and O–H groups in total. The Morgan fingerprint density at radius 3 is 2.38 bits per heavy atom. The molecule has 1 fully saturated rings. The van der Waals surface area contributed by atoms with Crippen molar-refractivity contribution in [1.82, 2.24) is 4.98 Å². The number of carbonyl (C=O) groups excluding carboxylic acids is 1. The van der Waals surface area contributed by atoms with E-state index < -0.39 is 38.5 Å². The van der Waals surface area contributed by atoms with E-state index in [1.807, 2.05) is 0 Å². The molecule has 0 atom stereocenters. The van der Waals surface area contributed by atoms with Crippen LogP contribution in [0.4, 0.5) is 18.9 Å². The van der Waals surface area contributed by atoms with E-state index in [0.717, 1.165) is 0 Å². The van der Waals surface area contributed by atoms with Crippen LogP contribution in [0.25, 0.3) is 11.1 Å². The first kappa shape index (κ1) is 23.1. The van der Waals surface area contributed by atoms with Crippen LogP contribution in [0.1, 0.15) is 31.0 Å². The fourth-order valence-electron chi connectivity index (χ4n) is 2.97. The molecule has 0 radical (unpaired) electrons. The van der Waals surface area contributed by atoms with Crippen LogP contribution in [0.15, 0.2) is 35.5 Å². The molecule has 0 saturated heterocycles. The number of hydrogen-bond donors (Lipinski definition) is 0. The lowest BCUT2D eigenvalue weighted by atomic mass is 9.95. The Morgan fingerprint density at radius 2 is 1.91 bits per heavy atom. The lowest BCUT2D eigenvalue weighted by Crippen LogP contribution is -2.29. The first-order valence-corrected chi connectivity index (χ1v) is 10.5. The number of ether oxygens (including phenoxy) is 1. The molecule has 0 amide bonds. The van der Waals surface area contributed by atoms with Crippen molar-refractivity contribution in [1.29, 1.82) is 5.26 Å². The van der Waals surface area contributed by atoms with Gasteiger partial charge in [-0.25, -0.2) is 4.98 Å². The van der Waals surface area contributed by atoms with Crippen LogP contribution in [-0.2, 0) is 25.1 Å². The molecule has 2 aromatic rings. The summed E-state index contributed by atoms with van der Waals surface area (Å²) in [5.74, 6) is -1.81. The molecule has 0 spiro atoms. The number of nitriles is 1. The molecule has 1 heterocycles. The molecule has 168 valence electrons. The van der Waals surface area contributed by atoms with Crippen molar-refractivity contribution < 1.29 is 35.3 Å². The van der Waals surface area contributed by atoms with Crippen LogP contribution < -0.4 is 4.18 Å². The van der Waals surface area contributed by atoms with Gasteiger partial charge >= 0.3 is 21.6 Å². The Bertz CT molecular complexity index is 1220. The molecule has 0 aliphatic heterocycles. The topological polar surface area (TPSA) is 136 Å². The van der Waals surface area contributed by atoms with Gasteiger partial charge in [-0.05, 0) is 48.7 Å². The highest BCUT2D eigenvalue weighted by Gasteiger charge is 2.55. The van der Waals surface area contributed by atoms with Crippen molar-refractivity contribution >= 4 is 21.8 Å². The van der Waals surface area contributed by atoms with Crippen LogP contribution in [-0.4, -0.2) is 31.5 Å². The third-order valence-corrected chi connectivity index (χ3v) is 5.70. The predicted molar refractivity (Wildman–Crippen MR) is 103 cm³/mol. The van der Waals surface area contributed by atoms with Crippen LogP contribution in [0.2, 0.25) is 0 Å². The maximum Gasteiger partial charge on any atom is 0.534 e. The molecule has 32 heavy (non-hydrogen) atoms. The number of carbonyl (C=O) groups is 1. The first-order valence-electron chi connectivity index (χ1n) is 9.06. The monoisotopic (exact) mass is 469 g/mol. The van der Waals surface area contributed by atoms with Crippen LogP contribution in [0.5, 0.6) is 5.88 Å². The Kier molecular flexibility index (Phi) is 5.92. The Morgan fingerprint density at radius 1 is 1.28 bits per heavy atom. The molecule has 0 bridgehead atoms. The fraction of sp³-hybridized carbons (Fsp3) is 0.316. The van der Waals surface area contributed by atoms with Crippen molar-refractivity contribution in [3.05, 3.63) is 46.5 Å². The quantitative estimate of drug-likeness (QED) is 0.258. The van der Waals surface area contributed by atoms with E-state index >= 15 is 0 Å². The lowest BCUT2D eigenvalue weighted by Gasteiger charge is -2.18. The molecule has 3 rings (SSSR count). The molecular weight excluding hydrogens is 455 g/mol. The van der Waals surface area contributed by atoms with Gasteiger partial charge in [-0.2, -0.15) is 26.9 Å². The summed E-state index contributed by atoms with van der Waals surface area (Å²) in [7, 11) is -6.15. The van der Waals surface area contributed by atoms with Gasteiger partial charge in [0.1, 0.15) is 22.7 Å². The van der Waals surface area contributed by atoms with Crippen LogP contribution >= 0.6 is 0 Å². The second-order valence-corrected chi connectivity index (χ2v) is 8.31. The zero-order chi connectivity index (χ0) is 23.7. The second kappa shape index (κ2) is 8.19. The summed E-state index contributed by atoms with van der Waals surface area (Å²) in [5.41, 5.74) is -7.55. The maximum atomic E-state index is 12.9. The number of hydrogen-bond acceptors (Lipinski definition) is 9. The van der Waals surface area contributed by atoms with Gasteiger partial charge in [0.25, 0.3) is 5.88 Å². The Hall–Kier alpha value is -3.53. The highest BCUT2D eigenvalue weighted by molar-refractivity contribution is 7.87. The first-order chi connectivity index (χ1) is 15.0. The minimum absolute atomic E-state index is 0.0374. The summed E-state index contributed by atoms with van der Waals surface area (Å²) in [6, 6.07) is 8.16. The average Bonchev–Trinajstić information content (AvgIpc) is 3.54. The van der Waals surface area contributed by atoms with E-state index in [4.69, 9.17) is 4.74 Å². The van der Waals surface area contributed by atoms with Gasteiger partial charge in [-0.3, -0.25) is 4.79 Å². The van der Waals surface area contributed by atoms with E-state index in [0.29, 0.717) is 0 Å². The maximum absolute atomic E-state index is 12.9. The molecule has 9 nitrogen and oxygen atoms in total. The number of benzene rings is 1. The minimum atomic E-state index is -6.15. The van der Waals surface area contributed by atoms with Gasteiger partial charge < -0.3 is 8.92 Å². The molecule has 13 heteroatoms. The Balaban J connectivity index is 2.25. The average molecular weight is 469 g/mol. The third kappa shape index (κ3) is 4.13. The van der Waals surface area contributed by atoms with Gasteiger partial charge in [0.15, 0.2) is 0 Å². The second-order valence-electron chi connectivity index (χ2n) is 6.77. The molecular formula is C19H14F3N3O6S. The van der Waals surface area contributed by atoms with Crippen LogP contribution in [0.3, 0.4) is 0 Å². The van der Waals surface area contributed by atoms with E-state index in [2.05, 4.69) is 14.3 Å². The molecule has 1 aromatic heterocycles. The van der Waals surface area contributed by atoms with Crippen molar-refractivity contribution in [2.24, 2.45) is 5.18 Å². The summed E-state index contributed by atoms with van der Waals surface area (Å²) < 4.78 is 71.1. The zero-order valence-corrected chi connectivity index (χ0v) is 17.2. The fourth-order valence-corrected chi connectivity index (χ4v) is 3.40. The zero-order valence-electron chi connectivity index (χ0n) is 16.3. The van der Waals surface area contributed by atoms with Gasteiger partial charge in [-0.1, -0.05) is 12.1 Å². The third-order valence-electron chi connectivity index (χ3n) is 4.76. The molecule has 1 saturated carbocycles. The van der Waals surface area contributed by atoms with Gasteiger partial charge in [-0.15, -0.1) is 4.91 Å². The largest absolute Gasteiger partial charge is 0.534 e. The van der Waals surface area contributed by atoms with Gasteiger partial charge in [0, 0.05) is 5.56 Å². The lowest BCUT2D eigenvalue weighted by molar-refractivity contribution is -0.146. The number of esters is 1. The standard InChI is InChI=1S/C19H14F3N3O6S/c1-2-30-17(26)18(7-8-18)15-9-13(11-3-5-12(25-27)6-4-11)14(10-23)16(24-15)31-32(28,29)19(20,21)22/h3-6,9H,2,7-8H2,1H3. The van der Waals surface area contributed by atoms with Crippen molar-refractivity contribution in [2.75, 3.05) is 6.61 Å². The van der Waals surface area contributed by atoms with E-state index in [9.17, 15) is 36.6 Å². The van der Waals surface area contributed by atoms with Crippen molar-refractivity contribution in [2.45, 2.75) is 30.7 Å². The number of rotatable bonds is 7. The van der Waals surface area contributed by atoms with E-state index in [1.165, 1.54) is 30.3 Å². The summed E-state index contributed by atoms with van der Waals surface area (Å²) in [6.45, 7) is 1.61. The van der Waals surface area contributed by atoms with Crippen LogP contribution in [0, 0.1) is 16.2 Å². The SMILES string of the molecule is CCOC(=O)C1(c2cc(-c3ccc(N=O)cc3)c(C#N)c(OS(=O)(=O)C(F)(F)F)n2)CC1. The molecule has 1 aromatic carbocycles. The normalized spacial score (nSPS) is 14.8. The Labute approximate surface area is 179 Å². The number of nitroso groups, excluding NO2 is 1. The number of halogens is 3. The highest BCUT2D eigenvalue weighted by Crippen LogP contribution is 2.50. The number of aromatic nitrogens is 1. The van der Waals surface area contributed by atoms with Gasteiger partial charge in [0.2, 0.25) is 0 Å². The summed E-state index contributed by atoms with van der Waals surface area (Å²) >= 11 is 0. The molecule has 0 unspecified atom stereocenters. The van der Waals surface area contributed by atoms with E-state index in [1.54, 1.807) is 13.0 Å². The molecule has 1 aliphatic rings. The van der Waals surface area contributed by atoms with E-state index in [-0.39, 0.29) is 42.0 Å². The number of alkyl halides is 3. The number of pyridine rings is 1. The van der Waals surface area contributed by atoms with Gasteiger partial charge in [0.05, 0.1) is 12.3 Å². The van der Waals surface area contributed by atoms with Crippen molar-refractivity contribution in [3.8, 4) is 23.1 Å². The van der Waals surface area contributed by atoms with Crippen molar-refractivity contribution in [3.63, 3.8) is 0 Å². The summed E-state index contributed by atoms with van der Waals surface area (Å²) in [6.07, 6.45) is 0.507. The predicted octanol–water partition coefficient (Wildman–Crippen LogP) is 3.84. The number of nitrogens with zero attached hydrogens (tertiary/aromatic N) is 3. The smallest absolute Gasteiger partial charge is 0.465 e. The minimum Gasteiger partial charge on any atom is -0.465 e. The summed E-state index contributed by atoms with van der Waals surface area (Å²) in [4.78, 5) is 26.9. The highest BCUT2D eigenvalue weighted by atomic mass is 32.2. The molecule has 1 aliphatic carbocycles.